The molecule has 8 heteroatoms. The van der Waals surface area contributed by atoms with Crippen molar-refractivity contribution in [1.29, 1.82) is 0 Å². The summed E-state index contributed by atoms with van der Waals surface area (Å²) in [6.07, 6.45) is 4.42. The minimum atomic E-state index is -0.196. The van der Waals surface area contributed by atoms with Crippen molar-refractivity contribution in [2.75, 3.05) is 0 Å². The maximum atomic E-state index is 5.20. The van der Waals surface area contributed by atoms with Gasteiger partial charge in [-0.3, -0.25) is 9.13 Å². The molecule has 1 aliphatic carbocycles. The van der Waals surface area contributed by atoms with Gasteiger partial charge in [-0.15, -0.1) is 45.3 Å². The van der Waals surface area contributed by atoms with E-state index in [1.54, 1.807) is 45.3 Å². The van der Waals surface area contributed by atoms with Crippen molar-refractivity contribution in [2.45, 2.75) is 47.0 Å². The van der Waals surface area contributed by atoms with Gasteiger partial charge in [-0.1, -0.05) is 26.0 Å². The SMILES string of the molecule is Cc1ccc(-c2cn(-c3ccc4c(c3)C(C)(C)c3cc(-n5cc(-c6ccc(C)s6)nc5-c5ccc(C)s5)ccc3-4)c(-c3ccc(C)s3)n2)s1. The number of rotatable bonds is 6. The highest BCUT2D eigenvalue weighted by Gasteiger charge is 2.36. The van der Waals surface area contributed by atoms with Crippen LogP contribution in [0.15, 0.2) is 97.3 Å². The highest BCUT2D eigenvalue weighted by Crippen LogP contribution is 2.50. The van der Waals surface area contributed by atoms with E-state index in [1.807, 2.05) is 0 Å². The fraction of sp³-hybridized carbons (Fsp3) is 0.171. The van der Waals surface area contributed by atoms with Crippen molar-refractivity contribution in [3.8, 4) is 65.0 Å². The van der Waals surface area contributed by atoms with Gasteiger partial charge in [0.25, 0.3) is 0 Å². The van der Waals surface area contributed by atoms with Gasteiger partial charge in [-0.2, -0.15) is 0 Å². The Morgan fingerprint density at radius 2 is 0.837 bits per heavy atom. The number of imidazole rings is 2. The van der Waals surface area contributed by atoms with Gasteiger partial charge in [0.05, 0.1) is 30.9 Å². The number of fused-ring (bicyclic) bond motifs is 3. The van der Waals surface area contributed by atoms with Crippen LogP contribution >= 0.6 is 45.3 Å². The second kappa shape index (κ2) is 11.4. The van der Waals surface area contributed by atoms with Crippen LogP contribution in [0.3, 0.4) is 0 Å². The van der Waals surface area contributed by atoms with Gasteiger partial charge in [-0.25, -0.2) is 9.97 Å². The summed E-state index contributed by atoms with van der Waals surface area (Å²) in [7, 11) is 0. The zero-order chi connectivity index (χ0) is 33.6. The maximum Gasteiger partial charge on any atom is 0.155 e. The van der Waals surface area contributed by atoms with E-state index in [0.29, 0.717) is 0 Å². The quantitative estimate of drug-likeness (QED) is 0.172. The predicted molar refractivity (Wildman–Crippen MR) is 210 cm³/mol. The smallest absolute Gasteiger partial charge is 0.155 e. The van der Waals surface area contributed by atoms with E-state index in [4.69, 9.17) is 9.97 Å². The van der Waals surface area contributed by atoms with Gasteiger partial charge < -0.3 is 0 Å². The maximum absolute atomic E-state index is 5.20. The Morgan fingerprint density at radius 3 is 1.18 bits per heavy atom. The fourth-order valence-corrected chi connectivity index (χ4v) is 10.4. The predicted octanol–water partition coefficient (Wildman–Crippen LogP) is 12.5. The first-order chi connectivity index (χ1) is 23.6. The third-order valence-corrected chi connectivity index (χ3v) is 13.6. The average Bonchev–Trinajstić information content (AvgIpc) is 3.93. The molecule has 0 bridgehead atoms. The summed E-state index contributed by atoms with van der Waals surface area (Å²) in [6, 6.07) is 31.4. The summed E-state index contributed by atoms with van der Waals surface area (Å²) in [5.74, 6) is 1.98. The molecule has 0 unspecified atom stereocenters. The van der Waals surface area contributed by atoms with Crippen molar-refractivity contribution in [1.82, 2.24) is 19.1 Å². The standard InChI is InChI=1S/C41H34N4S4/c1-23-7-15-35(46-23)33-21-44(39(42-33)37-17-9-25(3)48-37)27-11-13-29-30-14-12-28(20-32(30)41(5,6)31(29)19-27)45-22-34(36-16-8-24(2)47-36)43-40(45)38-18-10-26(4)49-38/h7-22H,1-6H3. The van der Waals surface area contributed by atoms with Crippen LogP contribution < -0.4 is 0 Å². The molecule has 0 radical (unpaired) electrons. The molecule has 6 aromatic heterocycles. The fourth-order valence-electron chi connectivity index (χ4n) is 7.01. The Morgan fingerprint density at radius 1 is 0.469 bits per heavy atom. The van der Waals surface area contributed by atoms with Crippen LogP contribution in [0.25, 0.3) is 65.0 Å². The molecule has 0 aliphatic heterocycles. The van der Waals surface area contributed by atoms with E-state index in [1.165, 1.54) is 61.3 Å². The van der Waals surface area contributed by atoms with Crippen LogP contribution in [0.1, 0.15) is 44.5 Å². The molecule has 8 aromatic rings. The number of benzene rings is 2. The van der Waals surface area contributed by atoms with Crippen LogP contribution in [0.4, 0.5) is 0 Å². The summed E-state index contributed by atoms with van der Waals surface area (Å²) >= 11 is 7.18. The number of hydrogen-bond acceptors (Lipinski definition) is 6. The number of aryl methyl sites for hydroxylation is 4. The van der Waals surface area contributed by atoms with Crippen molar-refractivity contribution in [3.63, 3.8) is 0 Å². The first kappa shape index (κ1) is 30.7. The molecule has 0 N–H and O–H groups in total. The van der Waals surface area contributed by atoms with Gasteiger partial charge >= 0.3 is 0 Å². The number of hydrogen-bond donors (Lipinski definition) is 0. The Hall–Kier alpha value is -4.34. The van der Waals surface area contributed by atoms with Crippen LogP contribution in [-0.4, -0.2) is 19.1 Å². The number of thiophene rings is 4. The molecule has 0 amide bonds. The third kappa shape index (κ3) is 5.12. The van der Waals surface area contributed by atoms with Crippen molar-refractivity contribution in [2.24, 2.45) is 0 Å². The average molecular weight is 711 g/mol. The number of nitrogens with zero attached hydrogens (tertiary/aromatic N) is 4. The summed E-state index contributed by atoms with van der Waals surface area (Å²) < 4.78 is 4.57. The van der Waals surface area contributed by atoms with Crippen LogP contribution in [0.5, 0.6) is 0 Å². The minimum absolute atomic E-state index is 0.196. The molecule has 0 spiro atoms. The molecule has 4 nitrogen and oxygen atoms in total. The third-order valence-electron chi connectivity index (χ3n) is 9.52. The van der Waals surface area contributed by atoms with Crippen molar-refractivity contribution < 1.29 is 0 Å². The number of aromatic nitrogens is 4. The lowest BCUT2D eigenvalue weighted by Crippen LogP contribution is -2.16. The molecule has 9 rings (SSSR count). The molecular weight excluding hydrogens is 677 g/mol. The van der Waals surface area contributed by atoms with E-state index in [0.717, 1.165) is 34.4 Å². The zero-order valence-electron chi connectivity index (χ0n) is 28.2. The molecule has 0 fully saturated rings. The summed E-state index contributed by atoms with van der Waals surface area (Å²) in [6.45, 7) is 13.3. The molecule has 6 heterocycles. The highest BCUT2D eigenvalue weighted by molar-refractivity contribution is 7.16. The van der Waals surface area contributed by atoms with E-state index in [-0.39, 0.29) is 5.41 Å². The monoisotopic (exact) mass is 710 g/mol. The van der Waals surface area contributed by atoms with Gasteiger partial charge in [0, 0.05) is 48.7 Å². The molecule has 0 saturated carbocycles. The first-order valence-corrected chi connectivity index (χ1v) is 19.7. The summed E-state index contributed by atoms with van der Waals surface area (Å²) in [5, 5.41) is 0. The first-order valence-electron chi connectivity index (χ1n) is 16.4. The Kier molecular flexibility index (Phi) is 7.11. The van der Waals surface area contributed by atoms with Gasteiger partial charge in [-0.05, 0) is 123 Å². The molecule has 0 atom stereocenters. The normalized spacial score (nSPS) is 13.3. The van der Waals surface area contributed by atoms with Crippen molar-refractivity contribution in [3.05, 3.63) is 128 Å². The Bertz CT molecular complexity index is 2370. The van der Waals surface area contributed by atoms with Crippen LogP contribution in [0, 0.1) is 27.7 Å². The van der Waals surface area contributed by atoms with Gasteiger partial charge in [0.1, 0.15) is 0 Å². The molecule has 242 valence electrons. The summed E-state index contributed by atoms with van der Waals surface area (Å²) in [5.41, 5.74) is 9.37. The molecule has 2 aromatic carbocycles. The second-order valence-corrected chi connectivity index (χ2v) is 18.5. The van der Waals surface area contributed by atoms with E-state index in [2.05, 4.69) is 148 Å². The van der Waals surface area contributed by atoms with Crippen molar-refractivity contribution >= 4 is 45.3 Å². The van der Waals surface area contributed by atoms with E-state index in [9.17, 15) is 0 Å². The summed E-state index contributed by atoms with van der Waals surface area (Å²) in [4.78, 5) is 20.3. The lowest BCUT2D eigenvalue weighted by molar-refractivity contribution is 0.659. The lowest BCUT2D eigenvalue weighted by atomic mass is 9.82. The van der Waals surface area contributed by atoms with Crippen LogP contribution in [0.2, 0.25) is 0 Å². The van der Waals surface area contributed by atoms with E-state index < -0.39 is 0 Å². The lowest BCUT2D eigenvalue weighted by Gasteiger charge is -2.23. The molecule has 1 aliphatic rings. The Labute approximate surface area is 302 Å². The zero-order valence-corrected chi connectivity index (χ0v) is 31.4. The second-order valence-electron chi connectivity index (χ2n) is 13.4. The minimum Gasteiger partial charge on any atom is -0.298 e. The molecule has 49 heavy (non-hydrogen) atoms. The topological polar surface area (TPSA) is 35.6 Å². The van der Waals surface area contributed by atoms with Gasteiger partial charge in [0.2, 0.25) is 0 Å². The van der Waals surface area contributed by atoms with E-state index >= 15 is 0 Å². The molecular formula is C41H34N4S4. The van der Waals surface area contributed by atoms with Gasteiger partial charge in [0.15, 0.2) is 11.6 Å². The molecule has 0 saturated heterocycles. The largest absolute Gasteiger partial charge is 0.298 e. The highest BCUT2D eigenvalue weighted by atomic mass is 32.1. The Balaban J connectivity index is 1.15. The van der Waals surface area contributed by atoms with Crippen LogP contribution in [-0.2, 0) is 5.41 Å².